The Labute approximate surface area is 150 Å². The quantitative estimate of drug-likeness (QED) is 0.578. The fourth-order valence-corrected chi connectivity index (χ4v) is 4.33. The molecule has 0 saturated heterocycles. The van der Waals surface area contributed by atoms with E-state index < -0.39 is 0 Å². The molecule has 0 atom stereocenters. The number of hydrogen-bond acceptors (Lipinski definition) is 3. The topological polar surface area (TPSA) is 29.1 Å². The van der Waals surface area contributed by atoms with E-state index in [4.69, 9.17) is 0 Å². The Kier molecular flexibility index (Phi) is 5.38. The number of thiophene rings is 1. The molecule has 24 heavy (non-hydrogen) atoms. The third kappa shape index (κ3) is 4.28. The van der Waals surface area contributed by atoms with Crippen LogP contribution in [0.5, 0.6) is 0 Å². The summed E-state index contributed by atoms with van der Waals surface area (Å²) in [5.41, 5.74) is 5.14. The molecule has 4 heteroatoms. The molecule has 1 aromatic heterocycles. The number of nitrogens with one attached hydrogen (secondary N) is 1. The van der Waals surface area contributed by atoms with Crippen LogP contribution in [0.15, 0.2) is 64.2 Å². The number of thioether (sulfide) groups is 1. The smallest absolute Gasteiger partial charge is 0.256 e. The fraction of sp³-hybridized carbons (Fsp3) is 0.150. The molecular formula is C20H19NOS2. The standard InChI is InChI=1S/C20H19NOS2/c1-14-9-15(2)11-17(10-14)21-20(22)18-5-3-4-6-19(18)24-13-16-7-8-23-12-16/h3-12H,13H2,1-2H3,(H,21,22). The molecule has 0 radical (unpaired) electrons. The largest absolute Gasteiger partial charge is 0.322 e. The van der Waals surface area contributed by atoms with Gasteiger partial charge in [-0.05, 0) is 71.6 Å². The van der Waals surface area contributed by atoms with Gasteiger partial charge in [0, 0.05) is 16.3 Å². The van der Waals surface area contributed by atoms with E-state index in [2.05, 4.69) is 28.2 Å². The molecule has 3 aromatic rings. The number of benzene rings is 2. The summed E-state index contributed by atoms with van der Waals surface area (Å²) in [5.74, 6) is 0.811. The maximum atomic E-state index is 12.7. The Bertz CT molecular complexity index is 820. The van der Waals surface area contributed by atoms with Gasteiger partial charge < -0.3 is 5.32 Å². The summed E-state index contributed by atoms with van der Waals surface area (Å²) < 4.78 is 0. The molecule has 0 saturated carbocycles. The van der Waals surface area contributed by atoms with Crippen molar-refractivity contribution in [3.8, 4) is 0 Å². The van der Waals surface area contributed by atoms with Gasteiger partial charge in [-0.3, -0.25) is 4.79 Å². The second kappa shape index (κ2) is 7.69. The van der Waals surface area contributed by atoms with E-state index >= 15 is 0 Å². The van der Waals surface area contributed by atoms with Gasteiger partial charge in [0.2, 0.25) is 0 Å². The maximum absolute atomic E-state index is 12.7. The van der Waals surface area contributed by atoms with Gasteiger partial charge in [0.1, 0.15) is 0 Å². The third-order valence-electron chi connectivity index (χ3n) is 3.59. The second-order valence-electron chi connectivity index (χ2n) is 5.75. The molecule has 0 bridgehead atoms. The van der Waals surface area contributed by atoms with Gasteiger partial charge in [0.15, 0.2) is 0 Å². The zero-order chi connectivity index (χ0) is 16.9. The highest BCUT2D eigenvalue weighted by atomic mass is 32.2. The van der Waals surface area contributed by atoms with Crippen molar-refractivity contribution in [1.29, 1.82) is 0 Å². The van der Waals surface area contributed by atoms with Crippen molar-refractivity contribution in [2.75, 3.05) is 5.32 Å². The summed E-state index contributed by atoms with van der Waals surface area (Å²) in [6.45, 7) is 4.07. The highest BCUT2D eigenvalue weighted by Crippen LogP contribution is 2.28. The molecule has 0 aliphatic rings. The lowest BCUT2D eigenvalue weighted by molar-refractivity contribution is 0.102. The normalized spacial score (nSPS) is 10.6. The van der Waals surface area contributed by atoms with Crippen molar-refractivity contribution in [3.63, 3.8) is 0 Å². The first-order chi connectivity index (χ1) is 11.6. The van der Waals surface area contributed by atoms with Crippen LogP contribution in [0, 0.1) is 13.8 Å². The molecule has 122 valence electrons. The summed E-state index contributed by atoms with van der Waals surface area (Å²) in [5, 5.41) is 7.25. The first-order valence-electron chi connectivity index (χ1n) is 7.74. The van der Waals surface area contributed by atoms with Crippen LogP contribution in [-0.4, -0.2) is 5.91 Å². The Morgan fingerprint density at radius 1 is 1.08 bits per heavy atom. The minimum Gasteiger partial charge on any atom is -0.322 e. The number of anilines is 1. The SMILES string of the molecule is Cc1cc(C)cc(NC(=O)c2ccccc2SCc2ccsc2)c1. The number of hydrogen-bond donors (Lipinski definition) is 1. The van der Waals surface area contributed by atoms with Crippen LogP contribution in [0.4, 0.5) is 5.69 Å². The Morgan fingerprint density at radius 2 is 1.83 bits per heavy atom. The van der Waals surface area contributed by atoms with Gasteiger partial charge in [-0.25, -0.2) is 0 Å². The summed E-state index contributed by atoms with van der Waals surface area (Å²) in [6.07, 6.45) is 0. The van der Waals surface area contributed by atoms with Gasteiger partial charge in [-0.15, -0.1) is 11.8 Å². The number of aryl methyl sites for hydroxylation is 2. The highest BCUT2D eigenvalue weighted by molar-refractivity contribution is 7.98. The van der Waals surface area contributed by atoms with Crippen molar-refractivity contribution in [1.82, 2.24) is 0 Å². The molecule has 0 aliphatic heterocycles. The zero-order valence-electron chi connectivity index (χ0n) is 13.7. The zero-order valence-corrected chi connectivity index (χ0v) is 15.3. The number of carbonyl (C=O) groups is 1. The summed E-state index contributed by atoms with van der Waals surface area (Å²) in [6, 6.07) is 16.0. The van der Waals surface area contributed by atoms with E-state index in [0.717, 1.165) is 33.0 Å². The number of rotatable bonds is 5. The average molecular weight is 354 g/mol. The first kappa shape index (κ1) is 16.8. The summed E-state index contributed by atoms with van der Waals surface area (Å²) >= 11 is 3.39. The van der Waals surface area contributed by atoms with Crippen LogP contribution < -0.4 is 5.32 Å². The third-order valence-corrected chi connectivity index (χ3v) is 5.46. The van der Waals surface area contributed by atoms with Crippen LogP contribution in [0.1, 0.15) is 27.0 Å². The van der Waals surface area contributed by atoms with E-state index in [0.29, 0.717) is 0 Å². The summed E-state index contributed by atoms with van der Waals surface area (Å²) in [7, 11) is 0. The van der Waals surface area contributed by atoms with Crippen LogP contribution in [-0.2, 0) is 5.75 Å². The molecule has 0 aliphatic carbocycles. The van der Waals surface area contributed by atoms with Crippen molar-refractivity contribution in [2.45, 2.75) is 24.5 Å². The van der Waals surface area contributed by atoms with Gasteiger partial charge in [0.25, 0.3) is 5.91 Å². The average Bonchev–Trinajstić information content (AvgIpc) is 3.05. The maximum Gasteiger partial charge on any atom is 0.256 e. The minimum atomic E-state index is -0.0616. The molecule has 1 heterocycles. The molecule has 2 nitrogen and oxygen atoms in total. The van der Waals surface area contributed by atoms with Gasteiger partial charge in [0.05, 0.1) is 5.56 Å². The van der Waals surface area contributed by atoms with Crippen molar-refractivity contribution in [3.05, 3.63) is 81.5 Å². The van der Waals surface area contributed by atoms with E-state index in [1.54, 1.807) is 23.1 Å². The lowest BCUT2D eigenvalue weighted by Crippen LogP contribution is -2.13. The van der Waals surface area contributed by atoms with E-state index in [1.807, 2.05) is 50.2 Å². The number of carbonyl (C=O) groups excluding carboxylic acids is 1. The summed E-state index contributed by atoms with van der Waals surface area (Å²) in [4.78, 5) is 13.7. The van der Waals surface area contributed by atoms with Gasteiger partial charge in [-0.2, -0.15) is 11.3 Å². The molecular weight excluding hydrogens is 334 g/mol. The van der Waals surface area contributed by atoms with E-state index in [1.165, 1.54) is 5.56 Å². The predicted octanol–water partition coefficient (Wildman–Crippen LogP) is 5.91. The molecule has 0 fully saturated rings. The van der Waals surface area contributed by atoms with E-state index in [-0.39, 0.29) is 5.91 Å². The molecule has 2 aromatic carbocycles. The van der Waals surface area contributed by atoms with E-state index in [9.17, 15) is 4.79 Å². The molecule has 3 rings (SSSR count). The molecule has 1 N–H and O–H groups in total. The van der Waals surface area contributed by atoms with Crippen LogP contribution >= 0.6 is 23.1 Å². The monoisotopic (exact) mass is 353 g/mol. The molecule has 0 spiro atoms. The molecule has 0 unspecified atom stereocenters. The molecule has 1 amide bonds. The van der Waals surface area contributed by atoms with Crippen molar-refractivity contribution >= 4 is 34.7 Å². The fourth-order valence-electron chi connectivity index (χ4n) is 2.56. The Morgan fingerprint density at radius 3 is 2.54 bits per heavy atom. The minimum absolute atomic E-state index is 0.0616. The first-order valence-corrected chi connectivity index (χ1v) is 9.67. The van der Waals surface area contributed by atoms with Crippen molar-refractivity contribution < 1.29 is 4.79 Å². The van der Waals surface area contributed by atoms with Crippen LogP contribution in [0.2, 0.25) is 0 Å². The van der Waals surface area contributed by atoms with Crippen LogP contribution in [0.3, 0.4) is 0 Å². The lowest BCUT2D eigenvalue weighted by Gasteiger charge is -2.11. The lowest BCUT2D eigenvalue weighted by atomic mass is 10.1. The predicted molar refractivity (Wildman–Crippen MR) is 104 cm³/mol. The second-order valence-corrected chi connectivity index (χ2v) is 7.54. The number of amides is 1. The van der Waals surface area contributed by atoms with Crippen LogP contribution in [0.25, 0.3) is 0 Å². The van der Waals surface area contributed by atoms with Crippen molar-refractivity contribution in [2.24, 2.45) is 0 Å². The Hall–Kier alpha value is -2.04. The van der Waals surface area contributed by atoms with Gasteiger partial charge in [-0.1, -0.05) is 18.2 Å². The van der Waals surface area contributed by atoms with Gasteiger partial charge >= 0.3 is 0 Å². The highest BCUT2D eigenvalue weighted by Gasteiger charge is 2.12. The Balaban J connectivity index is 1.76.